The summed E-state index contributed by atoms with van der Waals surface area (Å²) in [6.07, 6.45) is 0.697. The summed E-state index contributed by atoms with van der Waals surface area (Å²) in [5.41, 5.74) is 1.17. The number of phenols is 1. The maximum atomic E-state index is 10.8. The summed E-state index contributed by atoms with van der Waals surface area (Å²) in [5.74, 6) is 0.0457. The quantitative estimate of drug-likeness (QED) is 0.744. The molecule has 0 radical (unpaired) electrons. The minimum Gasteiger partial charge on any atom is -0.507 e. The van der Waals surface area contributed by atoms with Crippen molar-refractivity contribution in [3.8, 4) is 5.75 Å². The predicted octanol–water partition coefficient (Wildman–Crippen LogP) is 2.05. The van der Waals surface area contributed by atoms with Gasteiger partial charge in [0.15, 0.2) is 6.29 Å². The minimum atomic E-state index is 0.0457. The average molecular weight is 193 g/mol. The Hall–Kier alpha value is -1.51. The van der Waals surface area contributed by atoms with Gasteiger partial charge in [-0.3, -0.25) is 4.79 Å². The van der Waals surface area contributed by atoms with Gasteiger partial charge in [0.05, 0.1) is 11.3 Å². The Kier molecular flexibility index (Phi) is 3.51. The molecule has 0 bridgehead atoms. The molecule has 3 heteroatoms. The van der Waals surface area contributed by atoms with Crippen LogP contribution < -0.4 is 4.90 Å². The lowest BCUT2D eigenvalue weighted by atomic mass is 10.1. The van der Waals surface area contributed by atoms with Crippen LogP contribution in [0.15, 0.2) is 18.2 Å². The Morgan fingerprint density at radius 1 is 1.36 bits per heavy atom. The first-order chi connectivity index (χ1) is 6.74. The van der Waals surface area contributed by atoms with Crippen molar-refractivity contribution >= 4 is 12.0 Å². The Morgan fingerprint density at radius 2 is 2.00 bits per heavy atom. The Labute approximate surface area is 84.0 Å². The highest BCUT2D eigenvalue weighted by Crippen LogP contribution is 2.26. The summed E-state index contributed by atoms with van der Waals surface area (Å²) in [7, 11) is 0. The molecule has 0 atom stereocenters. The molecule has 3 nitrogen and oxygen atoms in total. The molecule has 0 fully saturated rings. The molecular formula is C11H15NO2. The van der Waals surface area contributed by atoms with Crippen molar-refractivity contribution in [2.45, 2.75) is 13.8 Å². The second-order valence-corrected chi connectivity index (χ2v) is 3.00. The van der Waals surface area contributed by atoms with E-state index in [0.29, 0.717) is 11.8 Å². The molecular weight excluding hydrogens is 178 g/mol. The molecule has 0 aromatic heterocycles. The predicted molar refractivity (Wildman–Crippen MR) is 57.1 cm³/mol. The maximum absolute atomic E-state index is 10.8. The van der Waals surface area contributed by atoms with Gasteiger partial charge in [0.2, 0.25) is 0 Å². The molecule has 0 aliphatic rings. The lowest BCUT2D eigenvalue weighted by Crippen LogP contribution is -2.23. The normalized spacial score (nSPS) is 9.86. The number of carbonyl (C=O) groups is 1. The molecule has 0 saturated heterocycles. The average Bonchev–Trinajstić information content (AvgIpc) is 2.20. The van der Waals surface area contributed by atoms with Gasteiger partial charge in [-0.1, -0.05) is 6.07 Å². The van der Waals surface area contributed by atoms with Gasteiger partial charge in [0.1, 0.15) is 5.75 Å². The van der Waals surface area contributed by atoms with Gasteiger partial charge >= 0.3 is 0 Å². The fourth-order valence-electron chi connectivity index (χ4n) is 1.50. The van der Waals surface area contributed by atoms with E-state index in [-0.39, 0.29) is 5.75 Å². The highest BCUT2D eigenvalue weighted by atomic mass is 16.3. The van der Waals surface area contributed by atoms with Gasteiger partial charge in [-0.15, -0.1) is 0 Å². The van der Waals surface area contributed by atoms with Crippen LogP contribution >= 0.6 is 0 Å². The third-order valence-corrected chi connectivity index (χ3v) is 2.28. The second-order valence-electron chi connectivity index (χ2n) is 3.00. The van der Waals surface area contributed by atoms with Crippen LogP contribution in [-0.4, -0.2) is 24.5 Å². The van der Waals surface area contributed by atoms with Crippen LogP contribution in [0.4, 0.5) is 5.69 Å². The van der Waals surface area contributed by atoms with Gasteiger partial charge in [0.25, 0.3) is 0 Å². The topological polar surface area (TPSA) is 40.5 Å². The van der Waals surface area contributed by atoms with E-state index in [4.69, 9.17) is 0 Å². The van der Waals surface area contributed by atoms with Crippen molar-refractivity contribution < 1.29 is 9.90 Å². The lowest BCUT2D eigenvalue weighted by molar-refractivity contribution is 0.112. The fraction of sp³-hybridized carbons (Fsp3) is 0.364. The number of rotatable bonds is 4. The van der Waals surface area contributed by atoms with Gasteiger partial charge in [-0.2, -0.15) is 0 Å². The highest BCUT2D eigenvalue weighted by Gasteiger charge is 2.10. The van der Waals surface area contributed by atoms with E-state index in [1.807, 2.05) is 24.8 Å². The number of hydrogen-bond donors (Lipinski definition) is 1. The number of nitrogens with zero attached hydrogens (tertiary/aromatic N) is 1. The van der Waals surface area contributed by atoms with Crippen molar-refractivity contribution in [3.05, 3.63) is 23.8 Å². The minimum absolute atomic E-state index is 0.0457. The molecule has 0 amide bonds. The van der Waals surface area contributed by atoms with Crippen molar-refractivity contribution in [2.75, 3.05) is 18.0 Å². The molecule has 1 N–H and O–H groups in total. The van der Waals surface area contributed by atoms with Crippen LogP contribution in [0.1, 0.15) is 24.2 Å². The van der Waals surface area contributed by atoms with Crippen molar-refractivity contribution in [3.63, 3.8) is 0 Å². The van der Waals surface area contributed by atoms with Gasteiger partial charge in [-0.05, 0) is 26.0 Å². The first-order valence-electron chi connectivity index (χ1n) is 4.76. The van der Waals surface area contributed by atoms with Gasteiger partial charge in [-0.25, -0.2) is 0 Å². The van der Waals surface area contributed by atoms with Crippen LogP contribution in [0.2, 0.25) is 0 Å². The summed E-state index contributed by atoms with van der Waals surface area (Å²) in [6, 6.07) is 5.11. The molecule has 0 unspecified atom stereocenters. The van der Waals surface area contributed by atoms with Crippen LogP contribution in [0.3, 0.4) is 0 Å². The number of hydrogen-bond acceptors (Lipinski definition) is 3. The van der Waals surface area contributed by atoms with Crippen molar-refractivity contribution in [1.29, 1.82) is 0 Å². The van der Waals surface area contributed by atoms with E-state index in [1.54, 1.807) is 6.07 Å². The molecule has 14 heavy (non-hydrogen) atoms. The third kappa shape index (κ3) is 1.87. The standard InChI is InChI=1S/C11H15NO2/c1-3-12(4-2)10-6-5-7-11(14)9(10)8-13/h5-8,14H,3-4H2,1-2H3. The van der Waals surface area contributed by atoms with E-state index in [1.165, 1.54) is 6.07 Å². The SMILES string of the molecule is CCN(CC)c1cccc(O)c1C=O. The number of aldehydes is 1. The van der Waals surface area contributed by atoms with E-state index in [9.17, 15) is 9.90 Å². The van der Waals surface area contributed by atoms with Crippen LogP contribution in [0, 0.1) is 0 Å². The number of phenolic OH excluding ortho intramolecular Hbond substituents is 1. The molecule has 0 heterocycles. The molecule has 1 rings (SSSR count). The van der Waals surface area contributed by atoms with Crippen LogP contribution in [0.5, 0.6) is 5.75 Å². The largest absolute Gasteiger partial charge is 0.507 e. The number of aromatic hydroxyl groups is 1. The van der Waals surface area contributed by atoms with Crippen LogP contribution in [0.25, 0.3) is 0 Å². The van der Waals surface area contributed by atoms with Gasteiger partial charge < -0.3 is 10.0 Å². The number of benzene rings is 1. The smallest absolute Gasteiger partial charge is 0.155 e. The summed E-state index contributed by atoms with van der Waals surface area (Å²) < 4.78 is 0. The van der Waals surface area contributed by atoms with Crippen molar-refractivity contribution in [1.82, 2.24) is 0 Å². The molecule has 1 aromatic carbocycles. The third-order valence-electron chi connectivity index (χ3n) is 2.28. The number of anilines is 1. The summed E-state index contributed by atoms with van der Waals surface area (Å²) in [5, 5.41) is 9.47. The zero-order valence-corrected chi connectivity index (χ0v) is 8.53. The van der Waals surface area contributed by atoms with E-state index in [0.717, 1.165) is 18.8 Å². The summed E-state index contributed by atoms with van der Waals surface area (Å²) in [6.45, 7) is 5.67. The Bertz CT molecular complexity index is 319. The Balaban J connectivity index is 3.18. The zero-order valence-electron chi connectivity index (χ0n) is 8.53. The summed E-state index contributed by atoms with van der Waals surface area (Å²) >= 11 is 0. The molecule has 0 spiro atoms. The summed E-state index contributed by atoms with van der Waals surface area (Å²) in [4.78, 5) is 12.8. The molecule has 1 aromatic rings. The van der Waals surface area contributed by atoms with E-state index < -0.39 is 0 Å². The van der Waals surface area contributed by atoms with Gasteiger partial charge in [0, 0.05) is 13.1 Å². The number of carbonyl (C=O) groups excluding carboxylic acids is 1. The van der Waals surface area contributed by atoms with E-state index in [2.05, 4.69) is 0 Å². The fourth-order valence-corrected chi connectivity index (χ4v) is 1.50. The second kappa shape index (κ2) is 4.65. The molecule has 0 saturated carbocycles. The molecule has 0 aliphatic carbocycles. The first-order valence-corrected chi connectivity index (χ1v) is 4.76. The van der Waals surface area contributed by atoms with Crippen molar-refractivity contribution in [2.24, 2.45) is 0 Å². The van der Waals surface area contributed by atoms with E-state index >= 15 is 0 Å². The first kappa shape index (κ1) is 10.6. The molecule has 0 aliphatic heterocycles. The zero-order chi connectivity index (χ0) is 10.6. The monoisotopic (exact) mass is 193 g/mol. The molecule has 76 valence electrons. The Morgan fingerprint density at radius 3 is 2.50 bits per heavy atom. The maximum Gasteiger partial charge on any atom is 0.155 e. The lowest BCUT2D eigenvalue weighted by Gasteiger charge is -2.22. The highest BCUT2D eigenvalue weighted by molar-refractivity contribution is 5.88. The van der Waals surface area contributed by atoms with Crippen LogP contribution in [-0.2, 0) is 0 Å².